The molecule has 0 heterocycles. The Balaban J connectivity index is 3.23. The summed E-state index contributed by atoms with van der Waals surface area (Å²) < 4.78 is 10.7. The van der Waals surface area contributed by atoms with E-state index in [1.165, 1.54) is 4.94 Å². The molecule has 0 aromatic carbocycles. The number of hydrogen-bond donors (Lipinski definition) is 2. The molecular weight excluding hydrogens is 129 g/mol. The van der Waals surface area contributed by atoms with Crippen molar-refractivity contribution in [3.05, 3.63) is 0 Å². The molecule has 5 heavy (non-hydrogen) atoms. The molecule has 0 saturated carbocycles. The van der Waals surface area contributed by atoms with Gasteiger partial charge in [0, 0.05) is 0 Å². The maximum absolute atomic E-state index is 10.7. The van der Waals surface area contributed by atoms with Crippen molar-refractivity contribution in [1.29, 1.82) is 0 Å². The zero-order valence-electron chi connectivity index (χ0n) is 2.14. The lowest BCUT2D eigenvalue weighted by Gasteiger charge is -1.68. The first-order valence-electron chi connectivity index (χ1n) is 0.778. The Bertz CT molecular complexity index is 65.0. The predicted octanol–water partition coefficient (Wildman–Crippen LogP) is -0.350. The molecule has 0 aliphatic heterocycles. The van der Waals surface area contributed by atoms with Crippen LogP contribution in [-0.2, 0) is 30.6 Å². The topological polar surface area (TPSA) is 12.0 Å². The largest absolute Gasteiger partial charge is 0.126 e. The minimum absolute atomic E-state index is 1.22. The van der Waals surface area contributed by atoms with Gasteiger partial charge in [0.05, 0.1) is 0 Å². The number of hydrogen-bond acceptors (Lipinski definition) is 2. The number of nitrogens with one attached hydrogen (secondary N) is 1. The molecule has 1 N–H and O–H groups in total. The molecule has 0 amide bonds. The van der Waals surface area contributed by atoms with Crippen LogP contribution >= 0.6 is 0 Å². The first-order chi connectivity index (χ1) is 2.27. The van der Waals surface area contributed by atoms with E-state index < -0.39 is 8.20 Å². The highest BCUT2D eigenvalue weighted by atomic mass is 33.1. The maximum Gasteiger partial charge on any atom is -0.0181 e. The zero-order chi connectivity index (χ0) is 4.28. The fourth-order valence-electron chi connectivity index (χ4n) is 0. The average Bonchev–Trinajstić information content (AvgIpc) is 1.38. The fourth-order valence-corrected chi connectivity index (χ4v) is 0. The van der Waals surface area contributed by atoms with Crippen molar-refractivity contribution in [2.24, 2.45) is 0 Å². The Morgan fingerprint density at radius 3 is 1.80 bits per heavy atom. The SMILES string of the molecule is FN[SH](=S)=S. The third-order valence-corrected chi connectivity index (χ3v) is 0.621. The summed E-state index contributed by atoms with van der Waals surface area (Å²) in [4.78, 5) is 1.22. The van der Waals surface area contributed by atoms with Gasteiger partial charge in [-0.15, -0.1) is 4.48 Å². The van der Waals surface area contributed by atoms with E-state index in [0.29, 0.717) is 0 Å². The van der Waals surface area contributed by atoms with Crippen LogP contribution in [0.2, 0.25) is 0 Å². The third kappa shape index (κ3) is 4.68. The first-order valence-corrected chi connectivity index (χ1v) is 4.15. The molecule has 0 saturated heterocycles. The van der Waals surface area contributed by atoms with Crippen LogP contribution < -0.4 is 4.94 Å². The van der Waals surface area contributed by atoms with Crippen LogP contribution in [0, 0.1) is 0 Å². The lowest BCUT2D eigenvalue weighted by Crippen LogP contribution is -1.88. The van der Waals surface area contributed by atoms with E-state index in [2.05, 4.69) is 22.4 Å². The lowest BCUT2D eigenvalue weighted by molar-refractivity contribution is 0.467. The summed E-state index contributed by atoms with van der Waals surface area (Å²) in [7, 11) is -1.35. The molecule has 0 aromatic heterocycles. The van der Waals surface area contributed by atoms with Crippen LogP contribution in [-0.4, -0.2) is 0 Å². The highest BCUT2D eigenvalue weighted by molar-refractivity contribution is 8.45. The Kier molecular flexibility index (Phi) is 3.29. The van der Waals surface area contributed by atoms with Gasteiger partial charge in [0.15, 0.2) is 0 Å². The van der Waals surface area contributed by atoms with Gasteiger partial charge in [-0.3, -0.25) is 0 Å². The molecule has 0 fully saturated rings. The Morgan fingerprint density at radius 2 is 1.80 bits per heavy atom. The van der Waals surface area contributed by atoms with Crippen molar-refractivity contribution < 1.29 is 4.48 Å². The van der Waals surface area contributed by atoms with Crippen molar-refractivity contribution in [2.45, 2.75) is 0 Å². The van der Waals surface area contributed by atoms with Crippen LogP contribution in [0.5, 0.6) is 0 Å². The molecule has 0 aliphatic carbocycles. The van der Waals surface area contributed by atoms with E-state index in [-0.39, 0.29) is 0 Å². The first kappa shape index (κ1) is 5.68. The molecule has 1 nitrogen and oxygen atoms in total. The Hall–Kier alpha value is 0.680. The van der Waals surface area contributed by atoms with Crippen LogP contribution in [0.1, 0.15) is 0 Å². The molecule has 0 aromatic rings. The molecule has 0 atom stereocenters. The molecule has 0 rings (SSSR count). The summed E-state index contributed by atoms with van der Waals surface area (Å²) in [6.07, 6.45) is 0. The number of rotatable bonds is 1. The second-order valence-corrected chi connectivity index (χ2v) is 3.91. The van der Waals surface area contributed by atoms with Crippen LogP contribution in [0.25, 0.3) is 0 Å². The molecule has 32 valence electrons. The van der Waals surface area contributed by atoms with E-state index in [0.717, 1.165) is 0 Å². The maximum atomic E-state index is 10.7. The van der Waals surface area contributed by atoms with Crippen molar-refractivity contribution in [3.63, 3.8) is 0 Å². The Labute approximate surface area is 40.5 Å². The highest BCUT2D eigenvalue weighted by Crippen LogP contribution is 1.48. The van der Waals surface area contributed by atoms with Gasteiger partial charge >= 0.3 is 0 Å². The predicted molar refractivity (Wildman–Crippen MR) is 27.7 cm³/mol. The van der Waals surface area contributed by atoms with Crippen LogP contribution in [0.4, 0.5) is 4.48 Å². The van der Waals surface area contributed by atoms with Crippen molar-refractivity contribution in [3.8, 4) is 0 Å². The minimum Gasteiger partial charge on any atom is -0.126 e. The van der Waals surface area contributed by atoms with Crippen LogP contribution in [0.3, 0.4) is 0 Å². The minimum atomic E-state index is -1.35. The highest BCUT2D eigenvalue weighted by Gasteiger charge is 1.56. The lowest BCUT2D eigenvalue weighted by atomic mass is 13.8. The van der Waals surface area contributed by atoms with Crippen molar-refractivity contribution in [1.82, 2.24) is 4.94 Å². The molecule has 0 radical (unpaired) electrons. The number of halogens is 1. The van der Waals surface area contributed by atoms with Gasteiger partial charge in [0.1, 0.15) is 0 Å². The summed E-state index contributed by atoms with van der Waals surface area (Å²) in [6.45, 7) is 0. The quantitative estimate of drug-likeness (QED) is 0.373. The van der Waals surface area contributed by atoms with Gasteiger partial charge in [-0.2, -0.15) is 0 Å². The van der Waals surface area contributed by atoms with Gasteiger partial charge in [-0.25, -0.2) is 0 Å². The van der Waals surface area contributed by atoms with E-state index >= 15 is 0 Å². The molecule has 5 heteroatoms. The summed E-state index contributed by atoms with van der Waals surface area (Å²) in [5, 5.41) is 0. The molecular formula is H2FNS3. The molecule has 0 aliphatic rings. The van der Waals surface area contributed by atoms with E-state index in [1.54, 1.807) is 0 Å². The molecule has 0 unspecified atom stereocenters. The number of thiol groups is 1. The normalized spacial score (nSPS) is 9.20. The second kappa shape index (κ2) is 2.89. The van der Waals surface area contributed by atoms with Gasteiger partial charge in [-0.1, -0.05) is 4.94 Å². The Morgan fingerprint density at radius 1 is 1.60 bits per heavy atom. The molecule has 0 spiro atoms. The van der Waals surface area contributed by atoms with E-state index in [4.69, 9.17) is 0 Å². The van der Waals surface area contributed by atoms with Crippen molar-refractivity contribution >= 4 is 30.6 Å². The second-order valence-electron chi connectivity index (χ2n) is 0.342. The zero-order valence-corrected chi connectivity index (χ0v) is 4.67. The van der Waals surface area contributed by atoms with Crippen molar-refractivity contribution in [2.75, 3.05) is 0 Å². The van der Waals surface area contributed by atoms with Gasteiger partial charge in [0.25, 0.3) is 0 Å². The summed E-state index contributed by atoms with van der Waals surface area (Å²) in [5.41, 5.74) is 0. The standard InChI is InChI=1S/FH2NS3/c1-2-5(3)4/h5H,(H,2,3,4). The average molecular weight is 131 g/mol. The van der Waals surface area contributed by atoms with Crippen LogP contribution in [0.15, 0.2) is 0 Å². The third-order valence-electron chi connectivity index (χ3n) is 0.0690. The summed E-state index contributed by atoms with van der Waals surface area (Å²) in [5.74, 6) is 0. The smallest absolute Gasteiger partial charge is 0.0181 e. The monoisotopic (exact) mass is 131 g/mol. The fraction of sp³-hybridized carbons (Fsp3) is 0. The van der Waals surface area contributed by atoms with Gasteiger partial charge < -0.3 is 0 Å². The van der Waals surface area contributed by atoms with Gasteiger partial charge in [0.2, 0.25) is 0 Å². The van der Waals surface area contributed by atoms with Gasteiger partial charge in [-0.05, 0) is 30.6 Å². The summed E-state index contributed by atoms with van der Waals surface area (Å²) in [6, 6.07) is 0. The molecule has 0 bridgehead atoms. The summed E-state index contributed by atoms with van der Waals surface area (Å²) >= 11 is 8.35. The van der Waals surface area contributed by atoms with E-state index in [9.17, 15) is 4.48 Å². The van der Waals surface area contributed by atoms with E-state index in [1.807, 2.05) is 0 Å².